The number of benzene rings is 1. The normalized spacial score (nSPS) is 12.4. The van der Waals surface area contributed by atoms with Gasteiger partial charge >= 0.3 is 6.18 Å². The van der Waals surface area contributed by atoms with Gasteiger partial charge in [0.15, 0.2) is 0 Å². The van der Waals surface area contributed by atoms with Crippen molar-refractivity contribution in [2.45, 2.75) is 19.0 Å². The van der Waals surface area contributed by atoms with E-state index >= 15 is 0 Å². The van der Waals surface area contributed by atoms with E-state index in [1.54, 1.807) is 0 Å². The lowest BCUT2D eigenvalue weighted by Crippen LogP contribution is -2.34. The highest BCUT2D eigenvalue weighted by atomic mass is 32.2. The zero-order valence-electron chi connectivity index (χ0n) is 14.0. The smallest absolute Gasteiger partial charge is 0.385 e. The van der Waals surface area contributed by atoms with E-state index in [1.807, 2.05) is 0 Å². The third-order valence-corrected chi connectivity index (χ3v) is 4.61. The molecule has 0 spiro atoms. The fraction of sp³-hybridized carbons (Fsp3) is 0.533. The molecule has 0 fully saturated rings. The minimum Gasteiger partial charge on any atom is -0.385 e. The van der Waals surface area contributed by atoms with Crippen LogP contribution in [0, 0.1) is 0 Å². The van der Waals surface area contributed by atoms with E-state index in [9.17, 15) is 26.4 Å². The summed E-state index contributed by atoms with van der Waals surface area (Å²) in [7, 11) is -1.96. The average Bonchev–Trinajstić information content (AvgIpc) is 2.49. The molecule has 10 heteroatoms. The minimum atomic E-state index is -4.44. The molecule has 0 aliphatic heterocycles. The molecule has 1 amide bonds. The predicted molar refractivity (Wildman–Crippen MR) is 87.6 cm³/mol. The quantitative estimate of drug-likeness (QED) is 0.665. The summed E-state index contributed by atoms with van der Waals surface area (Å²) < 4.78 is 66.8. The maximum absolute atomic E-state index is 12.5. The molecule has 0 radical (unpaired) electrons. The van der Waals surface area contributed by atoms with Gasteiger partial charge in [-0.05, 0) is 30.7 Å². The topological polar surface area (TPSA) is 75.7 Å². The summed E-state index contributed by atoms with van der Waals surface area (Å²) >= 11 is 0. The van der Waals surface area contributed by atoms with Crippen molar-refractivity contribution in [1.29, 1.82) is 0 Å². The van der Waals surface area contributed by atoms with E-state index in [0.29, 0.717) is 13.0 Å². The van der Waals surface area contributed by atoms with Crippen LogP contribution in [0.15, 0.2) is 24.3 Å². The number of nitrogens with zero attached hydrogens (tertiary/aromatic N) is 1. The van der Waals surface area contributed by atoms with Crippen LogP contribution in [0.5, 0.6) is 0 Å². The molecule has 1 aromatic carbocycles. The van der Waals surface area contributed by atoms with Crippen molar-refractivity contribution in [2.75, 3.05) is 38.4 Å². The molecule has 1 rings (SSSR count). The van der Waals surface area contributed by atoms with Gasteiger partial charge in [-0.15, -0.1) is 0 Å². The fourth-order valence-electron chi connectivity index (χ4n) is 2.02. The second-order valence-electron chi connectivity index (χ2n) is 5.38. The summed E-state index contributed by atoms with van der Waals surface area (Å²) in [6.07, 6.45) is -3.01. The van der Waals surface area contributed by atoms with Crippen LogP contribution in [0.4, 0.5) is 18.9 Å². The summed E-state index contributed by atoms with van der Waals surface area (Å²) in [5.41, 5.74) is -0.602. The van der Waals surface area contributed by atoms with E-state index in [1.165, 1.54) is 11.4 Å². The van der Waals surface area contributed by atoms with Gasteiger partial charge in [0.1, 0.15) is 0 Å². The van der Waals surface area contributed by atoms with Crippen molar-refractivity contribution in [3.8, 4) is 0 Å². The van der Waals surface area contributed by atoms with E-state index in [0.717, 1.165) is 30.5 Å². The molecule has 0 unspecified atom stereocenters. The number of alkyl halides is 3. The summed E-state index contributed by atoms with van der Waals surface area (Å²) in [6.45, 7) is 0.596. The Kier molecular flexibility index (Phi) is 7.84. The number of carbonyl (C=O) groups excluding carboxylic acids is 1. The second-order valence-corrected chi connectivity index (χ2v) is 7.36. The predicted octanol–water partition coefficient (Wildman–Crippen LogP) is 2.33. The highest BCUT2D eigenvalue weighted by Gasteiger charge is 2.30. The number of halogens is 3. The van der Waals surface area contributed by atoms with E-state index < -0.39 is 27.7 Å². The monoisotopic (exact) mass is 382 g/mol. The molecule has 142 valence electrons. The minimum absolute atomic E-state index is 0.0188. The first-order valence-corrected chi connectivity index (χ1v) is 9.30. The summed E-state index contributed by atoms with van der Waals surface area (Å²) in [5, 5.41) is 2.44. The molecule has 0 aromatic heterocycles. The van der Waals surface area contributed by atoms with Crippen molar-refractivity contribution in [2.24, 2.45) is 0 Å². The number of amides is 1. The molecule has 0 heterocycles. The lowest BCUT2D eigenvalue weighted by Gasteiger charge is -2.19. The molecule has 0 bridgehead atoms. The Hall–Kier alpha value is -1.65. The first-order chi connectivity index (χ1) is 11.5. The van der Waals surface area contributed by atoms with Crippen LogP contribution in [0.3, 0.4) is 0 Å². The number of carbonyl (C=O) groups is 1. The van der Waals surface area contributed by atoms with Gasteiger partial charge in [0.2, 0.25) is 15.9 Å². The van der Waals surface area contributed by atoms with Gasteiger partial charge in [0, 0.05) is 38.9 Å². The first-order valence-electron chi connectivity index (χ1n) is 7.45. The molecular formula is C15H21F3N2O4S. The Morgan fingerprint density at radius 1 is 1.20 bits per heavy atom. The fourth-order valence-corrected chi connectivity index (χ4v) is 2.90. The van der Waals surface area contributed by atoms with Crippen molar-refractivity contribution in [3.63, 3.8) is 0 Å². The van der Waals surface area contributed by atoms with E-state index in [2.05, 4.69) is 5.32 Å². The molecule has 25 heavy (non-hydrogen) atoms. The second kappa shape index (κ2) is 9.16. The van der Waals surface area contributed by atoms with Gasteiger partial charge in [0.25, 0.3) is 0 Å². The van der Waals surface area contributed by atoms with Crippen molar-refractivity contribution in [3.05, 3.63) is 29.8 Å². The number of sulfonamides is 1. The Morgan fingerprint density at radius 2 is 1.80 bits per heavy atom. The van der Waals surface area contributed by atoms with E-state index in [-0.39, 0.29) is 25.2 Å². The third kappa shape index (κ3) is 7.84. The standard InChI is InChI=1S/C15H21F3N2O4S/c1-24-11-3-9-20(25(2,22)23)10-8-14(21)19-13-6-4-12(5-7-13)15(16,17)18/h4-7H,3,8-11H2,1-2H3,(H,19,21). The Morgan fingerprint density at radius 3 is 2.28 bits per heavy atom. The highest BCUT2D eigenvalue weighted by Crippen LogP contribution is 2.29. The zero-order valence-corrected chi connectivity index (χ0v) is 14.8. The third-order valence-electron chi connectivity index (χ3n) is 3.31. The van der Waals surface area contributed by atoms with Gasteiger partial charge in [-0.25, -0.2) is 12.7 Å². The molecule has 0 aliphatic rings. The SMILES string of the molecule is COCCCN(CCC(=O)Nc1ccc(C(F)(F)F)cc1)S(C)(=O)=O. The van der Waals surface area contributed by atoms with Crippen LogP contribution >= 0.6 is 0 Å². The van der Waals surface area contributed by atoms with Crippen LogP contribution in [0.25, 0.3) is 0 Å². The molecule has 0 saturated heterocycles. The van der Waals surface area contributed by atoms with Crippen LogP contribution < -0.4 is 5.32 Å². The van der Waals surface area contributed by atoms with Gasteiger partial charge in [-0.3, -0.25) is 4.79 Å². The molecular weight excluding hydrogens is 361 g/mol. The lowest BCUT2D eigenvalue weighted by atomic mass is 10.2. The molecule has 0 saturated carbocycles. The zero-order chi connectivity index (χ0) is 19.1. The highest BCUT2D eigenvalue weighted by molar-refractivity contribution is 7.88. The molecule has 0 atom stereocenters. The Balaban J connectivity index is 2.57. The lowest BCUT2D eigenvalue weighted by molar-refractivity contribution is -0.137. The van der Waals surface area contributed by atoms with Crippen LogP contribution in [0.1, 0.15) is 18.4 Å². The van der Waals surface area contributed by atoms with Crippen molar-refractivity contribution < 1.29 is 31.1 Å². The molecule has 6 nitrogen and oxygen atoms in total. The Labute approximate surface area is 145 Å². The summed E-state index contributed by atoms with van der Waals surface area (Å²) in [6, 6.07) is 4.02. The number of rotatable bonds is 9. The maximum atomic E-state index is 12.5. The van der Waals surface area contributed by atoms with Crippen LogP contribution in [0.2, 0.25) is 0 Å². The van der Waals surface area contributed by atoms with Crippen molar-refractivity contribution >= 4 is 21.6 Å². The van der Waals surface area contributed by atoms with Crippen molar-refractivity contribution in [1.82, 2.24) is 4.31 Å². The maximum Gasteiger partial charge on any atom is 0.416 e. The molecule has 1 N–H and O–H groups in total. The number of hydrogen-bond donors (Lipinski definition) is 1. The molecule has 0 aliphatic carbocycles. The summed E-state index contributed by atoms with van der Waals surface area (Å²) in [4.78, 5) is 11.9. The van der Waals surface area contributed by atoms with Gasteiger partial charge in [0.05, 0.1) is 11.8 Å². The van der Waals surface area contributed by atoms with E-state index in [4.69, 9.17) is 4.74 Å². The Bertz CT molecular complexity index is 660. The molecule has 1 aromatic rings. The number of anilines is 1. The number of methoxy groups -OCH3 is 1. The number of hydrogen-bond acceptors (Lipinski definition) is 4. The van der Waals surface area contributed by atoms with Gasteiger partial charge in [-0.2, -0.15) is 13.2 Å². The van der Waals surface area contributed by atoms with Gasteiger partial charge < -0.3 is 10.1 Å². The largest absolute Gasteiger partial charge is 0.416 e. The number of ether oxygens (including phenoxy) is 1. The number of nitrogens with one attached hydrogen (secondary N) is 1. The average molecular weight is 382 g/mol. The van der Waals surface area contributed by atoms with Crippen LogP contribution in [-0.4, -0.2) is 51.7 Å². The summed E-state index contributed by atoms with van der Waals surface area (Å²) in [5.74, 6) is -0.486. The van der Waals surface area contributed by atoms with Gasteiger partial charge in [-0.1, -0.05) is 0 Å². The first kappa shape index (κ1) is 21.4. The van der Waals surface area contributed by atoms with Crippen LogP contribution in [-0.2, 0) is 25.7 Å².